The molecule has 1 aromatic rings. The molecule has 0 bridgehead atoms. The Bertz CT molecular complexity index is 624. The molecular formula is C18H26Cl2NO4P. The number of esters is 1. The minimum atomic E-state index is -3.44. The molecule has 5 nitrogen and oxygen atoms in total. The van der Waals surface area contributed by atoms with Crippen LogP contribution in [0, 0.1) is 5.92 Å². The number of benzene rings is 1. The fourth-order valence-electron chi connectivity index (χ4n) is 2.16. The van der Waals surface area contributed by atoms with E-state index < -0.39 is 6.87 Å². The number of ether oxygens (including phenoxy) is 1. The van der Waals surface area contributed by atoms with Gasteiger partial charge in [-0.25, -0.2) is 9.24 Å². The maximum Gasteiger partial charge on any atom is 0.411 e. The highest BCUT2D eigenvalue weighted by Gasteiger charge is 2.27. The number of hydrogen-bond acceptors (Lipinski definition) is 4. The van der Waals surface area contributed by atoms with E-state index >= 15 is 0 Å². The van der Waals surface area contributed by atoms with E-state index in [9.17, 15) is 9.36 Å². The van der Waals surface area contributed by atoms with Gasteiger partial charge in [0.1, 0.15) is 12.4 Å². The highest BCUT2D eigenvalue weighted by Crippen LogP contribution is 2.54. The predicted octanol–water partition coefficient (Wildman–Crippen LogP) is 5.27. The van der Waals surface area contributed by atoms with Crippen LogP contribution in [0.4, 0.5) is 0 Å². The van der Waals surface area contributed by atoms with E-state index in [1.807, 2.05) is 12.1 Å². The molecule has 0 saturated carbocycles. The van der Waals surface area contributed by atoms with Crippen LogP contribution in [0.1, 0.15) is 25.3 Å². The number of unbranched alkanes of at least 4 members (excludes halogenated alkanes) is 1. The number of alkyl halides is 1. The first-order valence-electron chi connectivity index (χ1n) is 8.43. The predicted molar refractivity (Wildman–Crippen MR) is 107 cm³/mol. The second-order valence-corrected chi connectivity index (χ2v) is 9.42. The summed E-state index contributed by atoms with van der Waals surface area (Å²) in [6.45, 7) is 2.63. The summed E-state index contributed by atoms with van der Waals surface area (Å²) in [7, 11) is 1.66. The molecule has 2 unspecified atom stereocenters. The van der Waals surface area contributed by atoms with E-state index in [1.54, 1.807) is 26.1 Å². The topological polar surface area (TPSA) is 55.8 Å². The van der Waals surface area contributed by atoms with Crippen molar-refractivity contribution in [1.82, 2.24) is 4.67 Å². The van der Waals surface area contributed by atoms with Crippen LogP contribution in [-0.2, 0) is 20.5 Å². The third kappa shape index (κ3) is 8.13. The first-order valence-corrected chi connectivity index (χ1v) is 11.4. The quantitative estimate of drug-likeness (QED) is 0.151. The van der Waals surface area contributed by atoms with E-state index in [2.05, 4.69) is 6.58 Å². The van der Waals surface area contributed by atoms with Crippen LogP contribution < -0.4 is 4.52 Å². The Kier molecular flexibility index (Phi) is 10.3. The standard InChI is InChI=1S/C18H26Cl2NO4P/c1-4-13-24-18(22)15(2)14-16-7-9-17(10-8-16)25-26(20,23)21(3)12-6-5-11-19/h4,7-10,15H,1,5-6,11-14H2,2-3H3. The first kappa shape index (κ1) is 23.0. The van der Waals surface area contributed by atoms with E-state index in [0.717, 1.165) is 18.4 Å². The Morgan fingerprint density at radius 3 is 2.58 bits per heavy atom. The summed E-state index contributed by atoms with van der Waals surface area (Å²) in [6.07, 6.45) is 3.69. The van der Waals surface area contributed by atoms with Crippen molar-refractivity contribution < 1.29 is 18.6 Å². The van der Waals surface area contributed by atoms with Crippen molar-refractivity contribution in [3.8, 4) is 5.75 Å². The molecule has 1 rings (SSSR count). The Labute approximate surface area is 165 Å². The van der Waals surface area contributed by atoms with Gasteiger partial charge in [0.25, 0.3) is 0 Å². The van der Waals surface area contributed by atoms with Crippen molar-refractivity contribution in [3.63, 3.8) is 0 Å². The number of nitrogens with zero attached hydrogens (tertiary/aromatic N) is 1. The molecule has 0 radical (unpaired) electrons. The number of carbonyl (C=O) groups is 1. The maximum absolute atomic E-state index is 12.5. The highest BCUT2D eigenvalue weighted by atomic mass is 35.7. The lowest BCUT2D eigenvalue weighted by atomic mass is 10.0. The second kappa shape index (κ2) is 11.7. The van der Waals surface area contributed by atoms with Crippen molar-refractivity contribution in [3.05, 3.63) is 42.5 Å². The van der Waals surface area contributed by atoms with Crippen LogP contribution in [0.3, 0.4) is 0 Å². The average Bonchev–Trinajstić information content (AvgIpc) is 2.61. The molecule has 0 aliphatic rings. The molecule has 1 aromatic carbocycles. The van der Waals surface area contributed by atoms with Gasteiger partial charge >= 0.3 is 12.8 Å². The van der Waals surface area contributed by atoms with Crippen LogP contribution in [-0.4, -0.2) is 36.7 Å². The van der Waals surface area contributed by atoms with Crippen LogP contribution in [0.2, 0.25) is 0 Å². The summed E-state index contributed by atoms with van der Waals surface area (Å²) >= 11 is 11.7. The van der Waals surface area contributed by atoms with Gasteiger partial charge in [-0.15, -0.1) is 11.6 Å². The molecule has 0 heterocycles. The van der Waals surface area contributed by atoms with Gasteiger partial charge < -0.3 is 9.26 Å². The van der Waals surface area contributed by atoms with Gasteiger partial charge in [-0.05, 0) is 44.0 Å². The minimum absolute atomic E-state index is 0.208. The van der Waals surface area contributed by atoms with E-state index in [1.165, 1.54) is 10.7 Å². The summed E-state index contributed by atoms with van der Waals surface area (Å²) in [5.41, 5.74) is 0.945. The molecule has 0 aliphatic heterocycles. The van der Waals surface area contributed by atoms with E-state index in [4.69, 9.17) is 32.1 Å². The summed E-state index contributed by atoms with van der Waals surface area (Å²) in [5.74, 6) is 0.434. The zero-order chi connectivity index (χ0) is 19.6. The SMILES string of the molecule is C=CCOC(=O)C(C)Cc1ccc(OP(=O)(Cl)N(C)CCCCCl)cc1. The van der Waals surface area contributed by atoms with Crippen molar-refractivity contribution in [2.24, 2.45) is 5.92 Å². The fourth-order valence-corrected chi connectivity index (χ4v) is 3.72. The Morgan fingerprint density at radius 2 is 2.00 bits per heavy atom. The van der Waals surface area contributed by atoms with Gasteiger partial charge in [-0.2, -0.15) is 0 Å². The molecule has 0 fully saturated rings. The van der Waals surface area contributed by atoms with Gasteiger partial charge in [-0.1, -0.05) is 31.7 Å². The number of hydrogen-bond donors (Lipinski definition) is 0. The lowest BCUT2D eigenvalue weighted by molar-refractivity contribution is -0.146. The lowest BCUT2D eigenvalue weighted by Gasteiger charge is -2.22. The van der Waals surface area contributed by atoms with Gasteiger partial charge in [0.05, 0.1) is 5.92 Å². The summed E-state index contributed by atoms with van der Waals surface area (Å²) < 4.78 is 24.5. The molecule has 0 amide bonds. The molecule has 0 saturated heterocycles. The van der Waals surface area contributed by atoms with Crippen molar-refractivity contribution in [2.75, 3.05) is 26.1 Å². The van der Waals surface area contributed by atoms with Crippen LogP contribution in [0.5, 0.6) is 5.75 Å². The van der Waals surface area contributed by atoms with Crippen molar-refractivity contribution in [2.45, 2.75) is 26.2 Å². The van der Waals surface area contributed by atoms with Crippen LogP contribution in [0.25, 0.3) is 0 Å². The Hall–Kier alpha value is -1.00. The number of halogens is 2. The fraction of sp³-hybridized carbons (Fsp3) is 0.500. The smallest absolute Gasteiger partial charge is 0.411 e. The van der Waals surface area contributed by atoms with Gasteiger partial charge in [0, 0.05) is 23.7 Å². The molecule has 8 heteroatoms. The third-order valence-electron chi connectivity index (χ3n) is 3.70. The summed E-state index contributed by atoms with van der Waals surface area (Å²) in [4.78, 5) is 11.8. The monoisotopic (exact) mass is 421 g/mol. The minimum Gasteiger partial charge on any atom is -0.461 e. The Morgan fingerprint density at radius 1 is 1.35 bits per heavy atom. The summed E-state index contributed by atoms with van der Waals surface area (Å²) in [5, 5.41) is 0. The zero-order valence-corrected chi connectivity index (χ0v) is 17.6. The molecule has 146 valence electrons. The van der Waals surface area contributed by atoms with Crippen LogP contribution in [0.15, 0.2) is 36.9 Å². The Balaban J connectivity index is 2.59. The molecule has 0 N–H and O–H groups in total. The molecule has 0 aromatic heterocycles. The molecule has 0 spiro atoms. The molecule has 0 aliphatic carbocycles. The highest BCUT2D eigenvalue weighted by molar-refractivity contribution is 7.83. The van der Waals surface area contributed by atoms with Crippen LogP contribution >= 0.6 is 29.7 Å². The maximum atomic E-state index is 12.5. The normalized spacial score (nSPS) is 14.5. The second-order valence-electron chi connectivity index (χ2n) is 5.99. The van der Waals surface area contributed by atoms with E-state index in [0.29, 0.717) is 24.6 Å². The van der Waals surface area contributed by atoms with Crippen molar-refractivity contribution >= 4 is 35.7 Å². The molecule has 2 atom stereocenters. The first-order chi connectivity index (χ1) is 12.3. The largest absolute Gasteiger partial charge is 0.461 e. The zero-order valence-electron chi connectivity index (χ0n) is 15.2. The number of rotatable bonds is 12. The summed E-state index contributed by atoms with van der Waals surface area (Å²) in [6, 6.07) is 7.02. The molecule has 26 heavy (non-hydrogen) atoms. The average molecular weight is 422 g/mol. The molecular weight excluding hydrogens is 396 g/mol. The van der Waals surface area contributed by atoms with Crippen molar-refractivity contribution in [1.29, 1.82) is 0 Å². The number of carbonyl (C=O) groups excluding carboxylic acids is 1. The third-order valence-corrected chi connectivity index (χ3v) is 6.40. The van der Waals surface area contributed by atoms with E-state index in [-0.39, 0.29) is 18.5 Å². The van der Waals surface area contributed by atoms with Gasteiger partial charge in [0.2, 0.25) is 0 Å². The van der Waals surface area contributed by atoms with Gasteiger partial charge in [0.15, 0.2) is 0 Å². The lowest BCUT2D eigenvalue weighted by Crippen LogP contribution is -2.17. The van der Waals surface area contributed by atoms with Gasteiger partial charge in [-0.3, -0.25) is 4.79 Å².